The van der Waals surface area contributed by atoms with Gasteiger partial charge in [-0.25, -0.2) is 0 Å². The molecule has 8 rings (SSSR count). The Balaban J connectivity index is 1.34. The summed E-state index contributed by atoms with van der Waals surface area (Å²) in [7, 11) is 0. The van der Waals surface area contributed by atoms with Crippen molar-refractivity contribution in [2.75, 3.05) is 13.1 Å². The van der Waals surface area contributed by atoms with Crippen LogP contribution in [0.5, 0.6) is 0 Å². The first-order valence-corrected chi connectivity index (χ1v) is 13.6. The molecular weight excluding hydrogens is 452 g/mol. The number of benzene rings is 4. The Morgan fingerprint density at radius 2 is 1.70 bits per heavy atom. The van der Waals surface area contributed by atoms with Crippen LogP contribution < -0.4 is 0 Å². The second kappa shape index (κ2) is 8.79. The van der Waals surface area contributed by atoms with Crippen LogP contribution >= 0.6 is 0 Å². The third-order valence-electron chi connectivity index (χ3n) is 9.36. The minimum atomic E-state index is -0.530. The molecule has 1 aromatic heterocycles. The van der Waals surface area contributed by atoms with E-state index in [1.54, 1.807) is 0 Å². The highest BCUT2D eigenvalue weighted by atomic mass is 16.3. The van der Waals surface area contributed by atoms with Gasteiger partial charge >= 0.3 is 0 Å². The predicted octanol–water partition coefficient (Wildman–Crippen LogP) is 7.19. The standard InChI is InChI=1S/C34H33N2O/c1-2-23-21-36(22-28-11-7-10-27-18-24-8-3-4-9-25(24)19-31(27)28)17-15-26(23)20-33(36)34(37)30-14-16-35-32-13-6-5-12-29(30)32/h2-14,16,18-19,23,26,33-34,37H,1,15,17,20-22H2/q+1/t23-,26-,33-,34+,36?/m0/s1. The van der Waals surface area contributed by atoms with E-state index in [0.29, 0.717) is 11.8 Å². The molecule has 4 aromatic carbocycles. The van der Waals surface area contributed by atoms with Gasteiger partial charge in [0.1, 0.15) is 18.7 Å². The van der Waals surface area contributed by atoms with Crippen molar-refractivity contribution in [1.29, 1.82) is 0 Å². The molecule has 0 spiro atoms. The van der Waals surface area contributed by atoms with E-state index in [-0.39, 0.29) is 6.04 Å². The average molecular weight is 486 g/mol. The molecule has 0 aliphatic carbocycles. The van der Waals surface area contributed by atoms with E-state index in [1.807, 2.05) is 30.5 Å². The fraction of sp³-hybridized carbons (Fsp3) is 0.265. The highest BCUT2D eigenvalue weighted by Gasteiger charge is 2.54. The van der Waals surface area contributed by atoms with Gasteiger partial charge in [-0.3, -0.25) is 4.98 Å². The zero-order chi connectivity index (χ0) is 25.0. The Hall–Kier alpha value is -3.53. The molecule has 0 amide bonds. The molecule has 184 valence electrons. The number of quaternary nitrogens is 1. The van der Waals surface area contributed by atoms with Crippen LogP contribution in [0.4, 0.5) is 0 Å². The van der Waals surface area contributed by atoms with Gasteiger partial charge in [0.05, 0.1) is 18.6 Å². The predicted molar refractivity (Wildman–Crippen MR) is 152 cm³/mol. The lowest BCUT2D eigenvalue weighted by Crippen LogP contribution is -2.67. The fourth-order valence-electron chi connectivity index (χ4n) is 7.47. The highest BCUT2D eigenvalue weighted by Crippen LogP contribution is 2.48. The summed E-state index contributed by atoms with van der Waals surface area (Å²) in [6.07, 6.45) is 5.73. The minimum absolute atomic E-state index is 0.150. The molecule has 3 aliphatic heterocycles. The largest absolute Gasteiger partial charge is 0.382 e. The zero-order valence-electron chi connectivity index (χ0n) is 21.1. The summed E-state index contributed by atoms with van der Waals surface area (Å²) in [6.45, 7) is 7.29. The monoisotopic (exact) mass is 485 g/mol. The molecule has 0 saturated carbocycles. The van der Waals surface area contributed by atoms with Gasteiger partial charge in [-0.2, -0.15) is 0 Å². The number of hydrogen-bond acceptors (Lipinski definition) is 2. The summed E-state index contributed by atoms with van der Waals surface area (Å²) in [4.78, 5) is 4.56. The number of piperidine rings is 3. The van der Waals surface area contributed by atoms with Crippen LogP contribution in [0.25, 0.3) is 32.4 Å². The zero-order valence-corrected chi connectivity index (χ0v) is 21.1. The van der Waals surface area contributed by atoms with Crippen LogP contribution in [0.1, 0.15) is 30.1 Å². The molecular formula is C34H33N2O+. The molecule has 3 aliphatic rings. The molecule has 0 radical (unpaired) electrons. The van der Waals surface area contributed by atoms with Crippen molar-refractivity contribution < 1.29 is 9.59 Å². The molecule has 3 heteroatoms. The Kier molecular flexibility index (Phi) is 5.38. The number of nitrogens with zero attached hydrogens (tertiary/aromatic N) is 2. The first kappa shape index (κ1) is 22.7. The lowest BCUT2D eigenvalue weighted by molar-refractivity contribution is -0.984. The minimum Gasteiger partial charge on any atom is -0.382 e. The van der Waals surface area contributed by atoms with Gasteiger partial charge in [-0.15, -0.1) is 6.58 Å². The first-order valence-electron chi connectivity index (χ1n) is 13.6. The van der Waals surface area contributed by atoms with E-state index in [2.05, 4.69) is 78.3 Å². The second-order valence-corrected chi connectivity index (χ2v) is 11.2. The fourth-order valence-corrected chi connectivity index (χ4v) is 7.47. The number of para-hydroxylation sites is 1. The molecule has 3 saturated heterocycles. The van der Waals surface area contributed by atoms with Crippen molar-refractivity contribution in [2.45, 2.75) is 31.5 Å². The number of pyridine rings is 1. The summed E-state index contributed by atoms with van der Waals surface area (Å²) in [5.74, 6) is 1.10. The van der Waals surface area contributed by atoms with E-state index >= 15 is 0 Å². The number of aliphatic hydroxyl groups excluding tert-OH is 1. The smallest absolute Gasteiger partial charge is 0.131 e. The maximum Gasteiger partial charge on any atom is 0.131 e. The summed E-state index contributed by atoms with van der Waals surface area (Å²) < 4.78 is 0.914. The summed E-state index contributed by atoms with van der Waals surface area (Å²) in [5.41, 5.74) is 3.34. The average Bonchev–Trinajstić information content (AvgIpc) is 2.95. The lowest BCUT2D eigenvalue weighted by atomic mass is 9.71. The van der Waals surface area contributed by atoms with Crippen LogP contribution in [0.15, 0.2) is 104 Å². The summed E-state index contributed by atoms with van der Waals surface area (Å²) >= 11 is 0. The van der Waals surface area contributed by atoms with E-state index in [0.717, 1.165) is 47.0 Å². The Labute approximate surface area is 218 Å². The molecule has 5 aromatic rings. The number of fused-ring (bicyclic) bond motifs is 6. The third-order valence-corrected chi connectivity index (χ3v) is 9.36. The lowest BCUT2D eigenvalue weighted by Gasteiger charge is -2.58. The molecule has 4 heterocycles. The Morgan fingerprint density at radius 3 is 2.57 bits per heavy atom. The molecule has 1 N–H and O–H groups in total. The van der Waals surface area contributed by atoms with Crippen LogP contribution in [0, 0.1) is 11.8 Å². The van der Waals surface area contributed by atoms with Crippen LogP contribution in [0.3, 0.4) is 0 Å². The normalized spacial score (nSPS) is 26.0. The van der Waals surface area contributed by atoms with Gasteiger partial charge < -0.3 is 9.59 Å². The Bertz CT molecular complexity index is 1640. The van der Waals surface area contributed by atoms with Crippen molar-refractivity contribution in [2.24, 2.45) is 11.8 Å². The topological polar surface area (TPSA) is 33.1 Å². The summed E-state index contributed by atoms with van der Waals surface area (Å²) in [6, 6.07) is 30.4. The van der Waals surface area contributed by atoms with Gasteiger partial charge in [0, 0.05) is 35.9 Å². The maximum absolute atomic E-state index is 12.1. The molecule has 37 heavy (non-hydrogen) atoms. The highest BCUT2D eigenvalue weighted by molar-refractivity contribution is 5.99. The Morgan fingerprint density at radius 1 is 0.919 bits per heavy atom. The van der Waals surface area contributed by atoms with E-state index < -0.39 is 6.10 Å². The van der Waals surface area contributed by atoms with Crippen molar-refractivity contribution >= 4 is 32.4 Å². The molecule has 3 nitrogen and oxygen atoms in total. The van der Waals surface area contributed by atoms with E-state index in [4.69, 9.17) is 0 Å². The van der Waals surface area contributed by atoms with Gasteiger partial charge in [0.2, 0.25) is 0 Å². The van der Waals surface area contributed by atoms with Crippen molar-refractivity contribution in [1.82, 2.24) is 4.98 Å². The van der Waals surface area contributed by atoms with Crippen LogP contribution in [-0.4, -0.2) is 33.7 Å². The van der Waals surface area contributed by atoms with Crippen molar-refractivity contribution in [3.63, 3.8) is 0 Å². The number of aliphatic hydroxyl groups is 1. The van der Waals surface area contributed by atoms with Crippen LogP contribution in [-0.2, 0) is 6.54 Å². The number of aromatic nitrogens is 1. The maximum atomic E-state index is 12.1. The van der Waals surface area contributed by atoms with Gasteiger partial charge in [-0.1, -0.05) is 66.7 Å². The van der Waals surface area contributed by atoms with Crippen molar-refractivity contribution in [3.8, 4) is 0 Å². The quantitative estimate of drug-likeness (QED) is 0.162. The molecule has 5 atom stereocenters. The van der Waals surface area contributed by atoms with E-state index in [9.17, 15) is 5.11 Å². The number of hydrogen-bond donors (Lipinski definition) is 1. The molecule has 1 unspecified atom stereocenters. The molecule has 3 fully saturated rings. The SMILES string of the molecule is C=C[C@H]1C[N+]2(Cc3cccc4cc5ccccc5cc34)CC[C@H]1C[C@H]2[C@H](O)c1ccnc2ccccc12. The first-order chi connectivity index (χ1) is 18.1. The molecule has 2 bridgehead atoms. The van der Waals surface area contributed by atoms with Gasteiger partial charge in [-0.05, 0) is 57.3 Å². The van der Waals surface area contributed by atoms with Gasteiger partial charge in [0.25, 0.3) is 0 Å². The van der Waals surface area contributed by atoms with Gasteiger partial charge in [0.15, 0.2) is 0 Å². The number of rotatable bonds is 5. The summed E-state index contributed by atoms with van der Waals surface area (Å²) in [5, 5.41) is 18.3. The van der Waals surface area contributed by atoms with Crippen LogP contribution in [0.2, 0.25) is 0 Å². The van der Waals surface area contributed by atoms with Crippen molar-refractivity contribution in [3.05, 3.63) is 115 Å². The third kappa shape index (κ3) is 3.68. The second-order valence-electron chi connectivity index (χ2n) is 11.2. The van der Waals surface area contributed by atoms with E-state index in [1.165, 1.54) is 33.5 Å².